The van der Waals surface area contributed by atoms with Gasteiger partial charge in [0.25, 0.3) is 0 Å². The van der Waals surface area contributed by atoms with Gasteiger partial charge in [-0.05, 0) is 19.8 Å². The Morgan fingerprint density at radius 3 is 0.938 bits per heavy atom. The number of nitrogens with zero attached hydrogens (tertiary/aromatic N) is 2. The van der Waals surface area contributed by atoms with Crippen LogP contribution in [0.4, 0.5) is 0 Å². The van der Waals surface area contributed by atoms with Crippen LogP contribution in [0.25, 0.3) is 0 Å². The summed E-state index contributed by atoms with van der Waals surface area (Å²) in [5.74, 6) is 0. The second kappa shape index (κ2) is 22.1. The number of rotatable bonds is 24. The zero-order chi connectivity index (χ0) is 23.1. The van der Waals surface area contributed by atoms with Crippen molar-refractivity contribution in [2.45, 2.75) is 168 Å². The van der Waals surface area contributed by atoms with Gasteiger partial charge in [0.15, 0.2) is 0 Å². The van der Waals surface area contributed by atoms with E-state index in [0.29, 0.717) is 6.17 Å². The Hall–Kier alpha value is -0.660. The molecule has 190 valence electrons. The van der Waals surface area contributed by atoms with Crippen molar-refractivity contribution in [3.63, 3.8) is 0 Å². The van der Waals surface area contributed by atoms with Gasteiger partial charge in [-0.2, -0.15) is 0 Å². The zero-order valence-electron chi connectivity index (χ0n) is 22.6. The van der Waals surface area contributed by atoms with Gasteiger partial charge in [0.1, 0.15) is 0 Å². The van der Waals surface area contributed by atoms with Crippen LogP contribution in [0.2, 0.25) is 0 Å². The van der Waals surface area contributed by atoms with Gasteiger partial charge in [0.05, 0.1) is 6.17 Å². The minimum atomic E-state index is 0.571. The standard InChI is InChI=1S/C30H60N2/c1-4-6-8-10-12-14-15-16-17-18-19-21-23-25-27-32-29-28-31(30(32)3)26-24-22-20-13-11-9-7-5-2/h28-30H,4-27H2,1-3H3. The summed E-state index contributed by atoms with van der Waals surface area (Å²) in [6, 6.07) is 0. The molecule has 0 aromatic rings. The van der Waals surface area contributed by atoms with Gasteiger partial charge in [-0.15, -0.1) is 0 Å². The lowest BCUT2D eigenvalue weighted by molar-refractivity contribution is 0.165. The summed E-state index contributed by atoms with van der Waals surface area (Å²) >= 11 is 0. The van der Waals surface area contributed by atoms with E-state index in [-0.39, 0.29) is 0 Å². The van der Waals surface area contributed by atoms with E-state index < -0.39 is 0 Å². The van der Waals surface area contributed by atoms with Gasteiger partial charge in [-0.1, -0.05) is 142 Å². The average molecular weight is 449 g/mol. The van der Waals surface area contributed by atoms with Crippen molar-refractivity contribution in [2.24, 2.45) is 0 Å². The predicted octanol–water partition coefficient (Wildman–Crippen LogP) is 10.0. The van der Waals surface area contributed by atoms with E-state index in [2.05, 4.69) is 43.0 Å². The first kappa shape index (κ1) is 29.4. The van der Waals surface area contributed by atoms with Crippen molar-refractivity contribution in [1.29, 1.82) is 0 Å². The summed E-state index contributed by atoms with van der Waals surface area (Å²) in [6.45, 7) is 9.46. The molecule has 1 heterocycles. The fraction of sp³-hybridized carbons (Fsp3) is 0.933. The zero-order valence-corrected chi connectivity index (χ0v) is 22.6. The molecule has 2 nitrogen and oxygen atoms in total. The van der Waals surface area contributed by atoms with E-state index >= 15 is 0 Å². The molecule has 32 heavy (non-hydrogen) atoms. The third-order valence-electron chi connectivity index (χ3n) is 7.45. The van der Waals surface area contributed by atoms with Gasteiger partial charge < -0.3 is 9.80 Å². The van der Waals surface area contributed by atoms with Gasteiger partial charge in [-0.3, -0.25) is 0 Å². The largest absolute Gasteiger partial charge is 0.356 e. The quantitative estimate of drug-likeness (QED) is 0.135. The lowest BCUT2D eigenvalue weighted by Gasteiger charge is -2.30. The molecule has 0 bridgehead atoms. The Kier molecular flexibility index (Phi) is 20.3. The van der Waals surface area contributed by atoms with Crippen LogP contribution < -0.4 is 0 Å². The molecule has 0 aliphatic carbocycles. The van der Waals surface area contributed by atoms with Crippen molar-refractivity contribution >= 4 is 0 Å². The highest BCUT2D eigenvalue weighted by Crippen LogP contribution is 2.19. The molecule has 0 spiro atoms. The number of hydrogen-bond donors (Lipinski definition) is 0. The van der Waals surface area contributed by atoms with Gasteiger partial charge in [-0.25, -0.2) is 0 Å². The van der Waals surface area contributed by atoms with Gasteiger partial charge in [0.2, 0.25) is 0 Å². The van der Waals surface area contributed by atoms with Crippen molar-refractivity contribution in [3.8, 4) is 0 Å². The van der Waals surface area contributed by atoms with Crippen LogP contribution in [0.1, 0.15) is 162 Å². The lowest BCUT2D eigenvalue weighted by atomic mass is 10.0. The summed E-state index contributed by atoms with van der Waals surface area (Å²) in [5.41, 5.74) is 0. The molecule has 0 amide bonds. The van der Waals surface area contributed by atoms with Gasteiger partial charge in [0, 0.05) is 25.5 Å². The molecule has 0 saturated heterocycles. The SMILES string of the molecule is CCCCCCCCCCCCCCCCN1C=CN(CCCCCCCCCC)C1C. The topological polar surface area (TPSA) is 6.48 Å². The summed E-state index contributed by atoms with van der Waals surface area (Å²) in [5, 5.41) is 0. The van der Waals surface area contributed by atoms with Crippen molar-refractivity contribution in [3.05, 3.63) is 12.4 Å². The molecular weight excluding hydrogens is 388 g/mol. The van der Waals surface area contributed by atoms with Crippen LogP contribution in [0.5, 0.6) is 0 Å². The van der Waals surface area contributed by atoms with Crippen LogP contribution in [0.3, 0.4) is 0 Å². The number of hydrogen-bond acceptors (Lipinski definition) is 2. The van der Waals surface area contributed by atoms with Crippen LogP contribution in [-0.2, 0) is 0 Å². The molecule has 0 aromatic carbocycles. The summed E-state index contributed by atoms with van der Waals surface area (Å²) in [4.78, 5) is 5.12. The van der Waals surface area contributed by atoms with E-state index in [9.17, 15) is 0 Å². The fourth-order valence-corrected chi connectivity index (χ4v) is 5.05. The molecule has 2 heteroatoms. The van der Waals surface area contributed by atoms with Crippen molar-refractivity contribution in [1.82, 2.24) is 9.80 Å². The van der Waals surface area contributed by atoms with E-state index in [1.807, 2.05) is 0 Å². The maximum absolute atomic E-state index is 2.56. The molecule has 0 aromatic heterocycles. The van der Waals surface area contributed by atoms with Crippen molar-refractivity contribution in [2.75, 3.05) is 13.1 Å². The molecule has 1 aliphatic heterocycles. The lowest BCUT2D eigenvalue weighted by Crippen LogP contribution is -2.36. The molecular formula is C30H60N2. The first-order valence-corrected chi connectivity index (χ1v) is 15.0. The maximum Gasteiger partial charge on any atom is 0.0977 e. The molecule has 1 aliphatic rings. The minimum Gasteiger partial charge on any atom is -0.356 e. The second-order valence-corrected chi connectivity index (χ2v) is 10.5. The molecule has 0 saturated carbocycles. The minimum absolute atomic E-state index is 0.571. The van der Waals surface area contributed by atoms with E-state index in [0.717, 1.165) is 0 Å². The van der Waals surface area contributed by atoms with Gasteiger partial charge >= 0.3 is 0 Å². The smallest absolute Gasteiger partial charge is 0.0977 e. The number of unbranched alkanes of at least 4 members (excludes halogenated alkanes) is 20. The van der Waals surface area contributed by atoms with E-state index in [1.54, 1.807) is 0 Å². The molecule has 1 rings (SSSR count). The Labute approximate surface area is 203 Å². The first-order chi connectivity index (χ1) is 15.8. The van der Waals surface area contributed by atoms with Crippen LogP contribution >= 0.6 is 0 Å². The van der Waals surface area contributed by atoms with E-state index in [4.69, 9.17) is 0 Å². The molecule has 1 unspecified atom stereocenters. The average Bonchev–Trinajstić information content (AvgIpc) is 3.15. The molecule has 0 N–H and O–H groups in total. The molecule has 0 radical (unpaired) electrons. The summed E-state index contributed by atoms with van der Waals surface area (Å²) in [7, 11) is 0. The molecule has 0 fully saturated rings. The summed E-state index contributed by atoms with van der Waals surface area (Å²) < 4.78 is 0. The normalized spacial score (nSPS) is 15.9. The Balaban J connectivity index is 1.85. The fourth-order valence-electron chi connectivity index (χ4n) is 5.05. The maximum atomic E-state index is 2.56. The highest BCUT2D eigenvalue weighted by Gasteiger charge is 2.20. The molecule has 1 atom stereocenters. The second-order valence-electron chi connectivity index (χ2n) is 10.5. The summed E-state index contributed by atoms with van der Waals surface area (Å²) in [6.07, 6.45) is 36.8. The third-order valence-corrected chi connectivity index (χ3v) is 7.45. The highest BCUT2D eigenvalue weighted by molar-refractivity contribution is 4.95. The highest BCUT2D eigenvalue weighted by atomic mass is 15.4. The Bertz CT molecular complexity index is 406. The Morgan fingerprint density at radius 2 is 0.656 bits per heavy atom. The van der Waals surface area contributed by atoms with Crippen molar-refractivity contribution < 1.29 is 0 Å². The third kappa shape index (κ3) is 16.0. The van der Waals surface area contributed by atoms with Crippen LogP contribution in [0, 0.1) is 0 Å². The first-order valence-electron chi connectivity index (χ1n) is 15.0. The van der Waals surface area contributed by atoms with Crippen LogP contribution in [-0.4, -0.2) is 29.1 Å². The monoisotopic (exact) mass is 448 g/mol. The van der Waals surface area contributed by atoms with Crippen LogP contribution in [0.15, 0.2) is 12.4 Å². The van der Waals surface area contributed by atoms with E-state index in [1.165, 1.54) is 154 Å². The Morgan fingerprint density at radius 1 is 0.406 bits per heavy atom. The predicted molar refractivity (Wildman–Crippen MR) is 145 cm³/mol.